The zero-order valence-corrected chi connectivity index (χ0v) is 18.4. The molecule has 0 amide bonds. The molecule has 0 spiro atoms. The molecule has 0 aliphatic carbocycles. The lowest BCUT2D eigenvalue weighted by Gasteiger charge is -2.31. The van der Waals surface area contributed by atoms with Crippen molar-refractivity contribution in [1.82, 2.24) is 25.0 Å². The number of benzene rings is 1. The van der Waals surface area contributed by atoms with Crippen molar-refractivity contribution in [3.05, 3.63) is 47.7 Å². The van der Waals surface area contributed by atoms with Crippen LogP contribution in [0.3, 0.4) is 0 Å². The summed E-state index contributed by atoms with van der Waals surface area (Å²) in [6.45, 7) is 7.44. The van der Waals surface area contributed by atoms with Gasteiger partial charge in [0.25, 0.3) is 5.89 Å². The second kappa shape index (κ2) is 9.87. The predicted molar refractivity (Wildman–Crippen MR) is 116 cm³/mol. The largest absolute Gasteiger partial charge is 0.493 e. The van der Waals surface area contributed by atoms with Crippen molar-refractivity contribution >= 4 is 0 Å². The summed E-state index contributed by atoms with van der Waals surface area (Å²) in [7, 11) is 1.69. The van der Waals surface area contributed by atoms with Crippen molar-refractivity contribution in [2.45, 2.75) is 45.6 Å². The number of para-hydroxylation sites is 1. The van der Waals surface area contributed by atoms with Crippen LogP contribution >= 0.6 is 0 Å². The number of aryl methyl sites for hydroxylation is 1. The number of rotatable bonds is 8. The summed E-state index contributed by atoms with van der Waals surface area (Å²) in [4.78, 5) is 15.6. The summed E-state index contributed by atoms with van der Waals surface area (Å²) in [5, 5.41) is 4.21. The molecule has 1 saturated heterocycles. The SMILES string of the molecule is CCCOc1c(CN2CCC(c3noc(-c4cnc(C)cn4)n3)CC2)cccc1OC. The lowest BCUT2D eigenvalue weighted by molar-refractivity contribution is 0.195. The quantitative estimate of drug-likeness (QED) is 0.537. The minimum absolute atomic E-state index is 0.285. The molecule has 0 atom stereocenters. The Morgan fingerprint density at radius 1 is 1.16 bits per heavy atom. The first-order chi connectivity index (χ1) is 15.2. The van der Waals surface area contributed by atoms with Crippen molar-refractivity contribution in [2.75, 3.05) is 26.8 Å². The Morgan fingerprint density at radius 2 is 2.00 bits per heavy atom. The van der Waals surface area contributed by atoms with Crippen molar-refractivity contribution < 1.29 is 14.0 Å². The van der Waals surface area contributed by atoms with Crippen LogP contribution in [0.5, 0.6) is 11.5 Å². The molecular weight excluding hydrogens is 394 g/mol. The third-order valence-corrected chi connectivity index (χ3v) is 5.52. The molecule has 3 aromatic rings. The van der Waals surface area contributed by atoms with E-state index in [0.29, 0.717) is 18.2 Å². The van der Waals surface area contributed by atoms with Crippen LogP contribution in [0.1, 0.15) is 49.2 Å². The molecular formula is C23H29N5O3. The fourth-order valence-electron chi connectivity index (χ4n) is 3.81. The second-order valence-electron chi connectivity index (χ2n) is 7.85. The van der Waals surface area contributed by atoms with E-state index in [0.717, 1.165) is 67.5 Å². The molecule has 0 saturated carbocycles. The number of aromatic nitrogens is 4. The number of methoxy groups -OCH3 is 1. The Balaban J connectivity index is 1.38. The highest BCUT2D eigenvalue weighted by atomic mass is 16.5. The van der Waals surface area contributed by atoms with Crippen molar-refractivity contribution in [1.29, 1.82) is 0 Å². The molecule has 0 radical (unpaired) electrons. The molecule has 4 rings (SSSR count). The van der Waals surface area contributed by atoms with Crippen LogP contribution < -0.4 is 9.47 Å². The molecule has 2 aromatic heterocycles. The normalized spacial score (nSPS) is 15.2. The molecule has 1 fully saturated rings. The van der Waals surface area contributed by atoms with Crippen LogP contribution in [0.15, 0.2) is 35.1 Å². The van der Waals surface area contributed by atoms with Crippen LogP contribution in [-0.4, -0.2) is 51.8 Å². The van der Waals surface area contributed by atoms with Crippen molar-refractivity contribution in [3.63, 3.8) is 0 Å². The molecule has 1 aliphatic heterocycles. The molecule has 164 valence electrons. The summed E-state index contributed by atoms with van der Waals surface area (Å²) in [5.74, 6) is 3.12. The fraction of sp³-hybridized carbons (Fsp3) is 0.478. The van der Waals surface area contributed by atoms with E-state index in [2.05, 4.69) is 38.0 Å². The van der Waals surface area contributed by atoms with E-state index in [1.54, 1.807) is 19.5 Å². The maximum atomic E-state index is 6.00. The van der Waals surface area contributed by atoms with Gasteiger partial charge in [-0.1, -0.05) is 24.2 Å². The van der Waals surface area contributed by atoms with Crippen molar-refractivity contribution in [2.24, 2.45) is 0 Å². The predicted octanol–water partition coefficient (Wildman–Crippen LogP) is 4.01. The zero-order valence-electron chi connectivity index (χ0n) is 18.4. The number of ether oxygens (including phenoxy) is 2. The van der Waals surface area contributed by atoms with Crippen molar-refractivity contribution in [3.8, 4) is 23.1 Å². The first-order valence-electron chi connectivity index (χ1n) is 10.8. The summed E-state index contributed by atoms with van der Waals surface area (Å²) in [6, 6.07) is 6.09. The fourth-order valence-corrected chi connectivity index (χ4v) is 3.81. The Bertz CT molecular complexity index is 981. The first-order valence-corrected chi connectivity index (χ1v) is 10.8. The molecule has 1 aliphatic rings. The third kappa shape index (κ3) is 5.02. The van der Waals surface area contributed by atoms with E-state index in [4.69, 9.17) is 14.0 Å². The Hall–Kier alpha value is -3.00. The molecule has 3 heterocycles. The van der Waals surface area contributed by atoms with E-state index in [9.17, 15) is 0 Å². The van der Waals surface area contributed by atoms with E-state index in [1.165, 1.54) is 0 Å². The molecule has 31 heavy (non-hydrogen) atoms. The van der Waals surface area contributed by atoms with E-state index < -0.39 is 0 Å². The third-order valence-electron chi connectivity index (χ3n) is 5.52. The first kappa shape index (κ1) is 21.2. The van der Waals surface area contributed by atoms with Gasteiger partial charge in [-0.3, -0.25) is 9.88 Å². The highest BCUT2D eigenvalue weighted by Crippen LogP contribution is 2.34. The monoisotopic (exact) mass is 423 g/mol. The van der Waals surface area contributed by atoms with Crippen LogP contribution in [0.25, 0.3) is 11.6 Å². The van der Waals surface area contributed by atoms with Gasteiger partial charge in [-0.25, -0.2) is 4.98 Å². The van der Waals surface area contributed by atoms with Gasteiger partial charge in [0.1, 0.15) is 5.69 Å². The Morgan fingerprint density at radius 3 is 2.71 bits per heavy atom. The summed E-state index contributed by atoms with van der Waals surface area (Å²) < 4.78 is 16.9. The average Bonchev–Trinajstić information content (AvgIpc) is 3.29. The molecule has 1 aromatic carbocycles. The van der Waals surface area contributed by atoms with Gasteiger partial charge in [0.2, 0.25) is 0 Å². The topological polar surface area (TPSA) is 86.4 Å². The van der Waals surface area contributed by atoms with E-state index in [1.807, 2.05) is 19.1 Å². The van der Waals surface area contributed by atoms with Crippen LogP contribution in [0.2, 0.25) is 0 Å². The van der Waals surface area contributed by atoms with Gasteiger partial charge < -0.3 is 14.0 Å². The molecule has 8 nitrogen and oxygen atoms in total. The maximum Gasteiger partial charge on any atom is 0.278 e. The van der Waals surface area contributed by atoms with Gasteiger partial charge >= 0.3 is 0 Å². The Labute approximate surface area is 182 Å². The maximum absolute atomic E-state index is 6.00. The number of hydrogen-bond acceptors (Lipinski definition) is 8. The van der Waals surface area contributed by atoms with Gasteiger partial charge in [-0.2, -0.15) is 4.98 Å². The van der Waals surface area contributed by atoms with E-state index >= 15 is 0 Å². The average molecular weight is 424 g/mol. The van der Waals surface area contributed by atoms with Crippen LogP contribution in [0, 0.1) is 6.92 Å². The van der Waals surface area contributed by atoms with Gasteiger partial charge in [-0.05, 0) is 45.3 Å². The Kier molecular flexibility index (Phi) is 6.76. The zero-order chi connectivity index (χ0) is 21.6. The van der Waals surface area contributed by atoms with Crippen LogP contribution in [0.4, 0.5) is 0 Å². The number of piperidine rings is 1. The van der Waals surface area contributed by atoms with Gasteiger partial charge in [0, 0.05) is 24.2 Å². The molecule has 0 unspecified atom stereocenters. The molecule has 0 bridgehead atoms. The number of likely N-dealkylation sites (tertiary alicyclic amines) is 1. The van der Waals surface area contributed by atoms with Gasteiger partial charge in [-0.15, -0.1) is 0 Å². The second-order valence-corrected chi connectivity index (χ2v) is 7.85. The number of hydrogen-bond donors (Lipinski definition) is 0. The summed E-state index contributed by atoms with van der Waals surface area (Å²) in [5.41, 5.74) is 2.63. The highest BCUT2D eigenvalue weighted by Gasteiger charge is 2.26. The van der Waals surface area contributed by atoms with E-state index in [-0.39, 0.29) is 5.92 Å². The molecule has 0 N–H and O–H groups in total. The van der Waals surface area contributed by atoms with Crippen LogP contribution in [-0.2, 0) is 6.54 Å². The smallest absolute Gasteiger partial charge is 0.278 e. The lowest BCUT2D eigenvalue weighted by atomic mass is 9.95. The minimum atomic E-state index is 0.285. The summed E-state index contributed by atoms with van der Waals surface area (Å²) in [6.07, 6.45) is 6.29. The summed E-state index contributed by atoms with van der Waals surface area (Å²) >= 11 is 0. The van der Waals surface area contributed by atoms with Gasteiger partial charge in [0.15, 0.2) is 17.3 Å². The minimum Gasteiger partial charge on any atom is -0.493 e. The lowest BCUT2D eigenvalue weighted by Crippen LogP contribution is -2.33. The number of nitrogens with zero attached hydrogens (tertiary/aromatic N) is 5. The standard InChI is InChI=1S/C23H29N5O3/c1-4-12-30-21-18(6-5-7-20(21)29-3)15-28-10-8-17(9-11-28)22-26-23(31-27-22)19-14-24-16(2)13-25-19/h5-7,13-14,17H,4,8-12,15H2,1-3H3. The molecule has 8 heteroatoms. The highest BCUT2D eigenvalue weighted by molar-refractivity contribution is 5.47. The van der Waals surface area contributed by atoms with Gasteiger partial charge in [0.05, 0.1) is 25.6 Å².